The summed E-state index contributed by atoms with van der Waals surface area (Å²) in [5.41, 5.74) is 3.23. The standard InChI is InChI=1S/C20H22N2O3S/c23-19-8-6-18(7-9-19)21-11-13-22(14-12-21)26(24,25)20-10-5-16-3-1-2-4-17(16)15-20/h1-4,6-9,15,23H,5,10-14H2. The molecule has 0 atom stereocenters. The van der Waals surface area contributed by atoms with Gasteiger partial charge in [0.2, 0.25) is 10.0 Å². The van der Waals surface area contributed by atoms with Crippen molar-refractivity contribution >= 4 is 21.8 Å². The zero-order valence-electron chi connectivity index (χ0n) is 14.5. The summed E-state index contributed by atoms with van der Waals surface area (Å²) in [5, 5.41) is 9.41. The van der Waals surface area contributed by atoms with Crippen molar-refractivity contribution in [2.45, 2.75) is 12.8 Å². The van der Waals surface area contributed by atoms with Crippen LogP contribution in [0.15, 0.2) is 53.4 Å². The van der Waals surface area contributed by atoms with Gasteiger partial charge in [0.15, 0.2) is 0 Å². The highest BCUT2D eigenvalue weighted by molar-refractivity contribution is 7.93. The fraction of sp³-hybridized carbons (Fsp3) is 0.300. The SMILES string of the molecule is O=S(=O)(C1=Cc2ccccc2CC1)N1CCN(c2ccc(O)cc2)CC1. The van der Waals surface area contributed by atoms with E-state index in [4.69, 9.17) is 0 Å². The molecule has 136 valence electrons. The van der Waals surface area contributed by atoms with E-state index in [0.29, 0.717) is 37.5 Å². The van der Waals surface area contributed by atoms with Gasteiger partial charge in [0.25, 0.3) is 0 Å². The molecule has 0 saturated carbocycles. The summed E-state index contributed by atoms with van der Waals surface area (Å²) in [5.74, 6) is 0.236. The Hall–Kier alpha value is -2.31. The highest BCUT2D eigenvalue weighted by Gasteiger charge is 2.31. The van der Waals surface area contributed by atoms with Crippen LogP contribution in [0.1, 0.15) is 17.5 Å². The van der Waals surface area contributed by atoms with E-state index in [2.05, 4.69) is 11.0 Å². The number of aromatic hydroxyl groups is 1. The lowest BCUT2D eigenvalue weighted by Gasteiger charge is -2.36. The zero-order valence-corrected chi connectivity index (χ0v) is 15.3. The van der Waals surface area contributed by atoms with E-state index in [1.165, 1.54) is 5.56 Å². The van der Waals surface area contributed by atoms with Crippen LogP contribution in [0.2, 0.25) is 0 Å². The lowest BCUT2D eigenvalue weighted by molar-refractivity contribution is 0.388. The highest BCUT2D eigenvalue weighted by atomic mass is 32.2. The summed E-state index contributed by atoms with van der Waals surface area (Å²) < 4.78 is 27.7. The average Bonchev–Trinajstić information content (AvgIpc) is 2.68. The zero-order chi connectivity index (χ0) is 18.1. The smallest absolute Gasteiger partial charge is 0.239 e. The molecule has 2 aliphatic rings. The molecule has 2 aromatic rings. The number of phenols is 1. The molecule has 0 amide bonds. The van der Waals surface area contributed by atoms with E-state index >= 15 is 0 Å². The number of hydrogen-bond acceptors (Lipinski definition) is 4. The Kier molecular flexibility index (Phi) is 4.46. The minimum absolute atomic E-state index is 0.236. The summed E-state index contributed by atoms with van der Waals surface area (Å²) in [6.45, 7) is 2.24. The molecule has 6 heteroatoms. The van der Waals surface area contributed by atoms with Crippen LogP contribution in [0.25, 0.3) is 6.08 Å². The van der Waals surface area contributed by atoms with Crippen LogP contribution in [0.3, 0.4) is 0 Å². The van der Waals surface area contributed by atoms with Crippen LogP contribution < -0.4 is 4.90 Å². The molecule has 0 bridgehead atoms. The quantitative estimate of drug-likeness (QED) is 0.903. The number of rotatable bonds is 3. The lowest BCUT2D eigenvalue weighted by atomic mass is 9.98. The molecule has 0 aromatic heterocycles. The number of sulfonamides is 1. The van der Waals surface area contributed by atoms with Crippen molar-refractivity contribution in [3.8, 4) is 5.75 Å². The van der Waals surface area contributed by atoms with Gasteiger partial charge in [0.1, 0.15) is 5.75 Å². The first kappa shape index (κ1) is 17.1. The first-order chi connectivity index (χ1) is 12.5. The van der Waals surface area contributed by atoms with Crippen molar-refractivity contribution in [2.75, 3.05) is 31.1 Å². The van der Waals surface area contributed by atoms with Gasteiger partial charge in [-0.3, -0.25) is 0 Å². The Balaban J connectivity index is 1.49. The maximum absolute atomic E-state index is 13.0. The Bertz CT molecular complexity index is 928. The molecule has 1 aliphatic heterocycles. The van der Waals surface area contributed by atoms with Gasteiger partial charge in [0, 0.05) is 31.9 Å². The third-order valence-corrected chi connectivity index (χ3v) is 7.17. The second-order valence-corrected chi connectivity index (χ2v) is 8.71. The van der Waals surface area contributed by atoms with Crippen molar-refractivity contribution in [3.63, 3.8) is 0 Å². The van der Waals surface area contributed by atoms with E-state index in [0.717, 1.165) is 17.7 Å². The molecule has 0 spiro atoms. The van der Waals surface area contributed by atoms with Crippen LogP contribution in [-0.4, -0.2) is 44.0 Å². The van der Waals surface area contributed by atoms with Crippen LogP contribution in [0, 0.1) is 0 Å². The number of anilines is 1. The van der Waals surface area contributed by atoms with Crippen molar-refractivity contribution in [2.24, 2.45) is 0 Å². The number of allylic oxidation sites excluding steroid dienone is 1. The highest BCUT2D eigenvalue weighted by Crippen LogP contribution is 2.30. The van der Waals surface area contributed by atoms with E-state index in [9.17, 15) is 13.5 Å². The van der Waals surface area contributed by atoms with Crippen molar-refractivity contribution in [3.05, 3.63) is 64.6 Å². The largest absolute Gasteiger partial charge is 0.508 e. The Morgan fingerprint density at radius 2 is 1.54 bits per heavy atom. The van der Waals surface area contributed by atoms with Crippen molar-refractivity contribution in [1.82, 2.24) is 4.31 Å². The van der Waals surface area contributed by atoms with Crippen molar-refractivity contribution < 1.29 is 13.5 Å². The van der Waals surface area contributed by atoms with Gasteiger partial charge in [-0.25, -0.2) is 8.42 Å². The summed E-state index contributed by atoms with van der Waals surface area (Å²) in [6, 6.07) is 15.0. The van der Waals surface area contributed by atoms with Crippen LogP contribution in [0.4, 0.5) is 5.69 Å². The van der Waals surface area contributed by atoms with Gasteiger partial charge in [-0.15, -0.1) is 0 Å². The third kappa shape index (κ3) is 3.22. The molecular weight excluding hydrogens is 348 g/mol. The van der Waals surface area contributed by atoms with Crippen LogP contribution >= 0.6 is 0 Å². The average molecular weight is 370 g/mol. The van der Waals surface area contributed by atoms with Gasteiger partial charge in [0.05, 0.1) is 4.91 Å². The molecule has 4 rings (SSSR count). The summed E-state index contributed by atoms with van der Waals surface area (Å²) >= 11 is 0. The predicted octanol–water partition coefficient (Wildman–Crippen LogP) is 2.83. The molecule has 0 radical (unpaired) electrons. The van der Waals surface area contributed by atoms with Gasteiger partial charge < -0.3 is 10.0 Å². The second-order valence-electron chi connectivity index (χ2n) is 6.72. The normalized spacial score (nSPS) is 18.3. The topological polar surface area (TPSA) is 60.9 Å². The van der Waals surface area contributed by atoms with Crippen LogP contribution in [0.5, 0.6) is 5.75 Å². The van der Waals surface area contributed by atoms with Gasteiger partial charge in [-0.2, -0.15) is 4.31 Å². The Morgan fingerprint density at radius 3 is 2.27 bits per heavy atom. The number of nitrogens with zero attached hydrogens (tertiary/aromatic N) is 2. The van der Waals surface area contributed by atoms with E-state index in [1.807, 2.05) is 36.4 Å². The second kappa shape index (κ2) is 6.78. The monoisotopic (exact) mass is 370 g/mol. The molecule has 1 fully saturated rings. The maximum atomic E-state index is 13.0. The fourth-order valence-electron chi connectivity index (χ4n) is 3.63. The van der Waals surface area contributed by atoms with E-state index in [1.54, 1.807) is 16.4 Å². The first-order valence-electron chi connectivity index (χ1n) is 8.87. The number of fused-ring (bicyclic) bond motifs is 1. The number of piperazine rings is 1. The molecular formula is C20H22N2O3S. The van der Waals surface area contributed by atoms with E-state index < -0.39 is 10.0 Å². The molecule has 1 heterocycles. The first-order valence-corrected chi connectivity index (χ1v) is 10.3. The number of hydrogen-bond donors (Lipinski definition) is 1. The molecule has 1 N–H and O–H groups in total. The minimum atomic E-state index is -3.41. The summed E-state index contributed by atoms with van der Waals surface area (Å²) in [6.07, 6.45) is 3.17. The molecule has 5 nitrogen and oxygen atoms in total. The molecule has 1 saturated heterocycles. The number of phenolic OH excluding ortho intramolecular Hbond substituents is 1. The summed E-state index contributed by atoms with van der Waals surface area (Å²) in [4.78, 5) is 2.67. The van der Waals surface area contributed by atoms with Gasteiger partial charge >= 0.3 is 0 Å². The molecule has 1 aliphatic carbocycles. The number of benzene rings is 2. The minimum Gasteiger partial charge on any atom is -0.508 e. The van der Waals surface area contributed by atoms with E-state index in [-0.39, 0.29) is 5.75 Å². The molecule has 2 aromatic carbocycles. The fourth-order valence-corrected chi connectivity index (χ4v) is 5.24. The molecule has 26 heavy (non-hydrogen) atoms. The van der Waals surface area contributed by atoms with Gasteiger partial charge in [-0.05, 0) is 54.3 Å². The van der Waals surface area contributed by atoms with Gasteiger partial charge in [-0.1, -0.05) is 24.3 Å². The molecule has 0 unspecified atom stereocenters. The maximum Gasteiger partial charge on any atom is 0.239 e. The number of aryl methyl sites for hydroxylation is 1. The Labute approximate surface area is 154 Å². The van der Waals surface area contributed by atoms with Crippen LogP contribution in [-0.2, 0) is 16.4 Å². The van der Waals surface area contributed by atoms with Crippen molar-refractivity contribution in [1.29, 1.82) is 0 Å². The lowest BCUT2D eigenvalue weighted by Crippen LogP contribution is -2.49. The summed E-state index contributed by atoms with van der Waals surface area (Å²) in [7, 11) is -3.41. The predicted molar refractivity (Wildman–Crippen MR) is 104 cm³/mol. The third-order valence-electron chi connectivity index (χ3n) is 5.14. The Morgan fingerprint density at radius 1 is 0.846 bits per heavy atom.